The van der Waals surface area contributed by atoms with E-state index in [2.05, 4.69) is 5.32 Å². The molecule has 0 aliphatic carbocycles. The monoisotopic (exact) mass is 278 g/mol. The maximum atomic E-state index is 12.4. The molecule has 20 heavy (non-hydrogen) atoms. The fraction of sp³-hybridized carbons (Fsp3) is 0.500. The normalized spacial score (nSPS) is 17.4. The lowest BCUT2D eigenvalue weighted by molar-refractivity contribution is -0.386. The SMILES string of the molecule is CCOC(=O)C1(c2ccccc2[N+](=O)[O-])CCNCC1. The van der Waals surface area contributed by atoms with Crippen molar-refractivity contribution < 1.29 is 14.5 Å². The molecule has 1 saturated heterocycles. The first-order valence-corrected chi connectivity index (χ1v) is 6.73. The summed E-state index contributed by atoms with van der Waals surface area (Å²) in [7, 11) is 0. The average Bonchev–Trinajstić information content (AvgIpc) is 2.48. The predicted octanol–water partition coefficient (Wildman–Crippen LogP) is 1.78. The van der Waals surface area contributed by atoms with Crippen LogP contribution in [0.15, 0.2) is 24.3 Å². The number of rotatable bonds is 4. The second kappa shape index (κ2) is 6.00. The number of ether oxygens (including phenoxy) is 1. The van der Waals surface area contributed by atoms with Crippen LogP contribution < -0.4 is 5.32 Å². The van der Waals surface area contributed by atoms with Gasteiger partial charge in [0.1, 0.15) is 5.41 Å². The number of nitrogens with one attached hydrogen (secondary N) is 1. The minimum Gasteiger partial charge on any atom is -0.465 e. The summed E-state index contributed by atoms with van der Waals surface area (Å²) >= 11 is 0. The van der Waals surface area contributed by atoms with Crippen molar-refractivity contribution in [1.82, 2.24) is 5.32 Å². The van der Waals surface area contributed by atoms with Crippen LogP contribution in [-0.4, -0.2) is 30.6 Å². The van der Waals surface area contributed by atoms with Gasteiger partial charge in [-0.1, -0.05) is 18.2 Å². The summed E-state index contributed by atoms with van der Waals surface area (Å²) in [4.78, 5) is 23.2. The molecule has 0 amide bonds. The van der Waals surface area contributed by atoms with Crippen LogP contribution in [0.25, 0.3) is 0 Å². The van der Waals surface area contributed by atoms with Crippen LogP contribution in [0.2, 0.25) is 0 Å². The molecule has 1 N–H and O–H groups in total. The number of nitro benzene ring substituents is 1. The lowest BCUT2D eigenvalue weighted by Crippen LogP contribution is -2.46. The molecule has 1 fully saturated rings. The molecular weight excluding hydrogens is 260 g/mol. The molecule has 1 heterocycles. The number of nitro groups is 1. The van der Waals surface area contributed by atoms with Gasteiger partial charge < -0.3 is 10.1 Å². The van der Waals surface area contributed by atoms with Crippen LogP contribution in [0, 0.1) is 10.1 Å². The zero-order valence-electron chi connectivity index (χ0n) is 11.4. The highest BCUT2D eigenvalue weighted by Crippen LogP contribution is 2.39. The zero-order chi connectivity index (χ0) is 14.6. The van der Waals surface area contributed by atoms with E-state index in [1.807, 2.05) is 0 Å². The Labute approximate surface area is 117 Å². The van der Waals surface area contributed by atoms with Crippen LogP contribution in [-0.2, 0) is 14.9 Å². The van der Waals surface area contributed by atoms with E-state index in [-0.39, 0.29) is 18.3 Å². The number of hydrogen-bond donors (Lipinski definition) is 1. The number of piperidine rings is 1. The van der Waals surface area contributed by atoms with Gasteiger partial charge in [0.15, 0.2) is 0 Å². The highest BCUT2D eigenvalue weighted by Gasteiger charge is 2.46. The molecule has 6 nitrogen and oxygen atoms in total. The minimum atomic E-state index is -0.912. The Balaban J connectivity index is 2.51. The Morgan fingerprint density at radius 1 is 1.40 bits per heavy atom. The van der Waals surface area contributed by atoms with Crippen molar-refractivity contribution >= 4 is 11.7 Å². The van der Waals surface area contributed by atoms with E-state index in [9.17, 15) is 14.9 Å². The summed E-state index contributed by atoms with van der Waals surface area (Å²) in [6.07, 6.45) is 1.02. The topological polar surface area (TPSA) is 81.5 Å². The number of esters is 1. The fourth-order valence-corrected chi connectivity index (χ4v) is 2.74. The van der Waals surface area contributed by atoms with Crippen LogP contribution in [0.5, 0.6) is 0 Å². The number of carbonyl (C=O) groups is 1. The van der Waals surface area contributed by atoms with Crippen molar-refractivity contribution in [3.8, 4) is 0 Å². The molecule has 6 heteroatoms. The third-order valence-corrected chi connectivity index (χ3v) is 3.74. The molecule has 1 aliphatic heterocycles. The number of hydrogen-bond acceptors (Lipinski definition) is 5. The van der Waals surface area contributed by atoms with Crippen LogP contribution >= 0.6 is 0 Å². The smallest absolute Gasteiger partial charge is 0.316 e. The van der Waals surface area contributed by atoms with Gasteiger partial charge in [0.2, 0.25) is 0 Å². The van der Waals surface area contributed by atoms with Gasteiger partial charge in [0, 0.05) is 11.6 Å². The van der Waals surface area contributed by atoms with Gasteiger partial charge in [-0.2, -0.15) is 0 Å². The van der Waals surface area contributed by atoms with Crippen molar-refractivity contribution in [1.29, 1.82) is 0 Å². The largest absolute Gasteiger partial charge is 0.465 e. The van der Waals surface area contributed by atoms with Crippen LogP contribution in [0.3, 0.4) is 0 Å². The van der Waals surface area contributed by atoms with Gasteiger partial charge in [0.05, 0.1) is 11.5 Å². The zero-order valence-corrected chi connectivity index (χ0v) is 11.4. The van der Waals surface area contributed by atoms with Gasteiger partial charge in [0.25, 0.3) is 5.69 Å². The Kier molecular flexibility index (Phi) is 4.34. The molecule has 0 bridgehead atoms. The molecule has 108 valence electrons. The van der Waals surface area contributed by atoms with Gasteiger partial charge >= 0.3 is 5.97 Å². The highest BCUT2D eigenvalue weighted by atomic mass is 16.6. The minimum absolute atomic E-state index is 0.0116. The quantitative estimate of drug-likeness (QED) is 0.516. The summed E-state index contributed by atoms with van der Waals surface area (Å²) in [6, 6.07) is 6.45. The first kappa shape index (κ1) is 14.5. The molecule has 0 radical (unpaired) electrons. The molecule has 0 saturated carbocycles. The van der Waals surface area contributed by atoms with Crippen molar-refractivity contribution in [2.75, 3.05) is 19.7 Å². The number of benzene rings is 1. The molecule has 2 rings (SSSR count). The van der Waals surface area contributed by atoms with Crippen LogP contribution in [0.4, 0.5) is 5.69 Å². The van der Waals surface area contributed by atoms with E-state index < -0.39 is 10.3 Å². The van der Waals surface area contributed by atoms with Crippen LogP contribution in [0.1, 0.15) is 25.3 Å². The number of nitrogens with zero attached hydrogens (tertiary/aromatic N) is 1. The van der Waals surface area contributed by atoms with Crippen molar-refractivity contribution in [3.63, 3.8) is 0 Å². The van der Waals surface area contributed by atoms with Crippen molar-refractivity contribution in [2.24, 2.45) is 0 Å². The molecule has 1 aromatic rings. The molecule has 0 unspecified atom stereocenters. The maximum Gasteiger partial charge on any atom is 0.316 e. The third-order valence-electron chi connectivity index (χ3n) is 3.74. The van der Waals surface area contributed by atoms with Gasteiger partial charge in [-0.05, 0) is 32.9 Å². The molecule has 0 spiro atoms. The molecule has 1 aliphatic rings. The van der Waals surface area contributed by atoms with E-state index in [1.165, 1.54) is 6.07 Å². The average molecular weight is 278 g/mol. The summed E-state index contributed by atoms with van der Waals surface area (Å²) in [5, 5.41) is 14.4. The Hall–Kier alpha value is -1.95. The van der Waals surface area contributed by atoms with E-state index in [0.717, 1.165) is 0 Å². The summed E-state index contributed by atoms with van der Waals surface area (Å²) < 4.78 is 5.18. The fourth-order valence-electron chi connectivity index (χ4n) is 2.74. The first-order valence-electron chi connectivity index (χ1n) is 6.73. The third kappa shape index (κ3) is 2.51. The second-order valence-electron chi connectivity index (χ2n) is 4.83. The standard InChI is InChI=1S/C14H18N2O4/c1-2-20-13(17)14(7-9-15-10-8-14)11-5-3-4-6-12(11)16(18)19/h3-6,15H,2,7-10H2,1H3. The Morgan fingerprint density at radius 3 is 2.65 bits per heavy atom. The highest BCUT2D eigenvalue weighted by molar-refractivity contribution is 5.85. The summed E-state index contributed by atoms with van der Waals surface area (Å²) in [6.45, 7) is 3.30. The second-order valence-corrected chi connectivity index (χ2v) is 4.83. The predicted molar refractivity (Wildman–Crippen MR) is 73.5 cm³/mol. The molecule has 0 aromatic heterocycles. The van der Waals surface area contributed by atoms with Crippen molar-refractivity contribution in [2.45, 2.75) is 25.2 Å². The lowest BCUT2D eigenvalue weighted by Gasteiger charge is -2.35. The summed E-state index contributed by atoms with van der Waals surface area (Å²) in [5.74, 6) is -0.365. The van der Waals surface area contributed by atoms with Gasteiger partial charge in [-0.15, -0.1) is 0 Å². The van der Waals surface area contributed by atoms with E-state index >= 15 is 0 Å². The molecule has 0 atom stereocenters. The first-order chi connectivity index (χ1) is 9.62. The lowest BCUT2D eigenvalue weighted by atomic mass is 9.72. The van der Waals surface area contributed by atoms with Gasteiger partial charge in [-0.3, -0.25) is 14.9 Å². The van der Waals surface area contributed by atoms with Gasteiger partial charge in [-0.25, -0.2) is 0 Å². The Bertz CT molecular complexity index is 510. The van der Waals surface area contributed by atoms with Crippen molar-refractivity contribution in [3.05, 3.63) is 39.9 Å². The summed E-state index contributed by atoms with van der Waals surface area (Å²) in [5.41, 5.74) is -0.460. The maximum absolute atomic E-state index is 12.4. The Morgan fingerprint density at radius 2 is 2.05 bits per heavy atom. The van der Waals surface area contributed by atoms with E-state index in [0.29, 0.717) is 31.5 Å². The van der Waals surface area contributed by atoms with E-state index in [1.54, 1.807) is 25.1 Å². The van der Waals surface area contributed by atoms with E-state index in [4.69, 9.17) is 4.74 Å². The number of para-hydroxylation sites is 1. The molecule has 1 aromatic carbocycles. The number of carbonyl (C=O) groups excluding carboxylic acids is 1. The molecular formula is C14H18N2O4.